The van der Waals surface area contributed by atoms with E-state index in [0.717, 1.165) is 41.7 Å². The molecule has 0 heterocycles. The van der Waals surface area contributed by atoms with Gasteiger partial charge in [0.2, 0.25) is 0 Å². The molecule has 0 aromatic carbocycles. The maximum atomic E-state index is 3.16. The van der Waals surface area contributed by atoms with Crippen LogP contribution in [0.25, 0.3) is 0 Å². The lowest BCUT2D eigenvalue weighted by molar-refractivity contribution is 0.0919. The molecule has 184 valence electrons. The minimum absolute atomic E-state index is 0.938. The highest BCUT2D eigenvalue weighted by atomic mass is 15.2. The minimum atomic E-state index is 0.938. The van der Waals surface area contributed by atoms with Gasteiger partial charge in [0.25, 0.3) is 0 Å². The van der Waals surface area contributed by atoms with Crippen molar-refractivity contribution >= 4 is 0 Å². The van der Waals surface area contributed by atoms with Gasteiger partial charge in [-0.25, -0.2) is 0 Å². The van der Waals surface area contributed by atoms with Gasteiger partial charge in [0.1, 0.15) is 0 Å². The van der Waals surface area contributed by atoms with E-state index >= 15 is 0 Å². The number of hydrogen-bond acceptors (Lipinski definition) is 1. The van der Waals surface area contributed by atoms with E-state index in [-0.39, 0.29) is 0 Å². The fraction of sp³-hybridized carbons (Fsp3) is 1.00. The van der Waals surface area contributed by atoms with E-state index in [0.29, 0.717) is 0 Å². The van der Waals surface area contributed by atoms with Crippen molar-refractivity contribution in [3.05, 3.63) is 0 Å². The third kappa shape index (κ3) is 6.34. The van der Waals surface area contributed by atoms with Crippen LogP contribution < -0.4 is 0 Å². The molecule has 0 saturated heterocycles. The molecule has 0 N–H and O–H groups in total. The van der Waals surface area contributed by atoms with Gasteiger partial charge in [0, 0.05) is 12.1 Å². The summed E-state index contributed by atoms with van der Waals surface area (Å²) in [5.41, 5.74) is 0. The number of fused-ring (bicyclic) bond motifs is 1. The fourth-order valence-corrected chi connectivity index (χ4v) is 9.07. The van der Waals surface area contributed by atoms with Crippen LogP contribution in [-0.4, -0.2) is 23.5 Å². The van der Waals surface area contributed by atoms with Crippen molar-refractivity contribution in [3.8, 4) is 0 Å². The molecule has 6 aliphatic carbocycles. The van der Waals surface area contributed by atoms with Crippen molar-refractivity contribution in [3.63, 3.8) is 0 Å². The Morgan fingerprint density at radius 1 is 0.531 bits per heavy atom. The number of hydrogen-bond donors (Lipinski definition) is 0. The highest BCUT2D eigenvalue weighted by Gasteiger charge is 2.47. The SMILES string of the molecule is C1CCCC(CCCN(C2CCCC(CC3CCCCCC3)CC2)C2CC3CC2C3)CC1. The van der Waals surface area contributed by atoms with Gasteiger partial charge in [0.05, 0.1) is 0 Å². The van der Waals surface area contributed by atoms with E-state index in [4.69, 9.17) is 0 Å². The standard InChI is InChI=1S/C31H55N/c1-2-6-12-25(11-5-1)16-10-20-32(31-24-28-22-29(31)23-28)30-17-9-15-27(18-19-30)21-26-13-7-3-4-8-14-26/h25-31H,1-24H2. The lowest BCUT2D eigenvalue weighted by Gasteiger charge is -2.39. The quantitative estimate of drug-likeness (QED) is 0.339. The Balaban J connectivity index is 1.13. The third-order valence-electron chi connectivity index (χ3n) is 11.0. The van der Waals surface area contributed by atoms with Crippen LogP contribution >= 0.6 is 0 Å². The molecule has 0 aromatic rings. The van der Waals surface area contributed by atoms with E-state index in [1.54, 1.807) is 64.2 Å². The van der Waals surface area contributed by atoms with Crippen molar-refractivity contribution in [1.82, 2.24) is 4.90 Å². The second-order valence-electron chi connectivity index (χ2n) is 13.3. The van der Waals surface area contributed by atoms with Gasteiger partial charge in [0.15, 0.2) is 0 Å². The molecule has 6 rings (SSSR count). The van der Waals surface area contributed by atoms with Gasteiger partial charge in [-0.05, 0) is 93.9 Å². The summed E-state index contributed by atoms with van der Waals surface area (Å²) in [7, 11) is 0. The zero-order valence-electron chi connectivity index (χ0n) is 21.5. The van der Waals surface area contributed by atoms with Crippen molar-refractivity contribution in [2.75, 3.05) is 6.54 Å². The monoisotopic (exact) mass is 441 g/mol. The maximum absolute atomic E-state index is 3.16. The van der Waals surface area contributed by atoms with Crippen molar-refractivity contribution in [1.29, 1.82) is 0 Å². The molecule has 6 fully saturated rings. The Labute approximate surface area is 200 Å². The zero-order chi connectivity index (χ0) is 21.6. The second-order valence-corrected chi connectivity index (χ2v) is 13.3. The lowest BCUT2D eigenvalue weighted by Crippen LogP contribution is -2.45. The molecule has 0 aromatic heterocycles. The van der Waals surface area contributed by atoms with Gasteiger partial charge >= 0.3 is 0 Å². The summed E-state index contributed by atoms with van der Waals surface area (Å²) in [6.07, 6.45) is 35.4. The van der Waals surface area contributed by atoms with E-state index in [2.05, 4.69) is 4.90 Å². The van der Waals surface area contributed by atoms with Crippen molar-refractivity contribution < 1.29 is 0 Å². The molecule has 1 heteroatoms. The largest absolute Gasteiger partial charge is 0.297 e. The van der Waals surface area contributed by atoms with Crippen LogP contribution in [0.15, 0.2) is 0 Å². The van der Waals surface area contributed by atoms with Gasteiger partial charge < -0.3 is 0 Å². The Bertz CT molecular complexity index is 521. The van der Waals surface area contributed by atoms with Gasteiger partial charge in [-0.1, -0.05) is 89.9 Å². The molecule has 3 unspecified atom stereocenters. The summed E-state index contributed by atoms with van der Waals surface area (Å²) >= 11 is 0. The van der Waals surface area contributed by atoms with Gasteiger partial charge in [-0.15, -0.1) is 0 Å². The average molecular weight is 442 g/mol. The van der Waals surface area contributed by atoms with Crippen LogP contribution in [0.4, 0.5) is 0 Å². The van der Waals surface area contributed by atoms with Crippen LogP contribution in [0, 0.1) is 29.6 Å². The predicted octanol–water partition coefficient (Wildman–Crippen LogP) is 9.15. The van der Waals surface area contributed by atoms with Crippen LogP contribution in [0.3, 0.4) is 0 Å². The molecule has 32 heavy (non-hydrogen) atoms. The highest BCUT2D eigenvalue weighted by molar-refractivity contribution is 5.01. The minimum Gasteiger partial charge on any atom is -0.297 e. The number of nitrogens with zero attached hydrogens (tertiary/aromatic N) is 1. The van der Waals surface area contributed by atoms with Gasteiger partial charge in [-0.3, -0.25) is 4.90 Å². The molecule has 6 saturated carbocycles. The summed E-state index contributed by atoms with van der Waals surface area (Å²) in [6.45, 7) is 1.45. The average Bonchev–Trinajstić information content (AvgIpc) is 3.05. The normalized spacial score (nSPS) is 37.6. The first-order valence-electron chi connectivity index (χ1n) is 15.6. The Morgan fingerprint density at radius 3 is 1.81 bits per heavy atom. The Kier molecular flexibility index (Phi) is 8.94. The fourth-order valence-electron chi connectivity index (χ4n) is 9.07. The van der Waals surface area contributed by atoms with Crippen LogP contribution in [0.2, 0.25) is 0 Å². The van der Waals surface area contributed by atoms with E-state index in [1.807, 2.05) is 0 Å². The Morgan fingerprint density at radius 2 is 1.16 bits per heavy atom. The first-order valence-corrected chi connectivity index (χ1v) is 15.6. The first-order chi connectivity index (χ1) is 15.8. The molecular weight excluding hydrogens is 386 g/mol. The van der Waals surface area contributed by atoms with E-state index in [1.165, 1.54) is 90.0 Å². The second kappa shape index (κ2) is 12.1. The van der Waals surface area contributed by atoms with Crippen molar-refractivity contribution in [2.45, 2.75) is 160 Å². The maximum Gasteiger partial charge on any atom is 0.0129 e. The van der Waals surface area contributed by atoms with Crippen LogP contribution in [0.1, 0.15) is 148 Å². The van der Waals surface area contributed by atoms with Gasteiger partial charge in [-0.2, -0.15) is 0 Å². The van der Waals surface area contributed by atoms with E-state index in [9.17, 15) is 0 Å². The molecule has 3 atom stereocenters. The molecule has 0 aliphatic heterocycles. The summed E-state index contributed by atoms with van der Waals surface area (Å²) < 4.78 is 0. The molecule has 6 aliphatic rings. The van der Waals surface area contributed by atoms with Crippen LogP contribution in [-0.2, 0) is 0 Å². The topological polar surface area (TPSA) is 3.24 Å². The molecule has 2 bridgehead atoms. The summed E-state index contributed by atoms with van der Waals surface area (Å²) in [6, 6.07) is 1.92. The Hall–Kier alpha value is -0.0400. The van der Waals surface area contributed by atoms with E-state index < -0.39 is 0 Å². The molecule has 0 amide bonds. The van der Waals surface area contributed by atoms with Crippen LogP contribution in [0.5, 0.6) is 0 Å². The first kappa shape index (κ1) is 23.7. The van der Waals surface area contributed by atoms with Crippen molar-refractivity contribution in [2.24, 2.45) is 29.6 Å². The zero-order valence-corrected chi connectivity index (χ0v) is 21.5. The summed E-state index contributed by atoms with van der Waals surface area (Å²) in [5, 5.41) is 0. The highest BCUT2D eigenvalue weighted by Crippen LogP contribution is 2.51. The summed E-state index contributed by atoms with van der Waals surface area (Å²) in [5.74, 6) is 5.41. The lowest BCUT2D eigenvalue weighted by atomic mass is 9.83. The molecule has 0 radical (unpaired) electrons. The molecule has 1 nitrogen and oxygen atoms in total. The predicted molar refractivity (Wildman–Crippen MR) is 138 cm³/mol. The third-order valence-corrected chi connectivity index (χ3v) is 11.0. The summed E-state index contributed by atoms with van der Waals surface area (Å²) in [4.78, 5) is 3.16. The smallest absolute Gasteiger partial charge is 0.0129 e. The molecular formula is C31H55N. The molecule has 0 spiro atoms. The number of rotatable bonds is 8.